The van der Waals surface area contributed by atoms with Crippen molar-refractivity contribution in [1.29, 1.82) is 0 Å². The van der Waals surface area contributed by atoms with E-state index in [0.717, 1.165) is 6.07 Å². The molecule has 106 valence electrons. The van der Waals surface area contributed by atoms with Gasteiger partial charge in [-0.25, -0.2) is 0 Å². The quantitative estimate of drug-likeness (QED) is 0.602. The van der Waals surface area contributed by atoms with Crippen LogP contribution in [0.2, 0.25) is 0 Å². The average Bonchev–Trinajstić information content (AvgIpc) is 2.77. The molecular weight excluding hydrogens is 250 g/mol. The summed E-state index contributed by atoms with van der Waals surface area (Å²) < 4.78 is 4.85. The Bertz CT molecular complexity index is 469. The van der Waals surface area contributed by atoms with Crippen LogP contribution in [-0.2, 0) is 0 Å². The molecule has 0 radical (unpaired) electrons. The summed E-state index contributed by atoms with van der Waals surface area (Å²) in [4.78, 5) is 21.7. The monoisotopic (exact) mass is 269 g/mol. The lowest BCUT2D eigenvalue weighted by atomic mass is 9.90. The summed E-state index contributed by atoms with van der Waals surface area (Å²) in [6.07, 6.45) is 0.706. The van der Waals surface area contributed by atoms with Crippen LogP contribution in [0.3, 0.4) is 0 Å². The lowest BCUT2D eigenvalue weighted by Gasteiger charge is -2.30. The maximum absolute atomic E-state index is 12.0. The van der Waals surface area contributed by atoms with Crippen LogP contribution in [0, 0.1) is 16.0 Å². The van der Waals surface area contributed by atoms with Crippen LogP contribution in [0.15, 0.2) is 16.5 Å². The molecule has 0 aromatic carbocycles. The number of furan rings is 1. The van der Waals surface area contributed by atoms with Crippen LogP contribution >= 0.6 is 0 Å². The van der Waals surface area contributed by atoms with Gasteiger partial charge in [0.25, 0.3) is 5.91 Å². The number of amides is 1. The van der Waals surface area contributed by atoms with Gasteiger partial charge < -0.3 is 15.5 Å². The number of rotatable bonds is 6. The highest BCUT2D eigenvalue weighted by molar-refractivity contribution is 5.92. The predicted octanol–water partition coefficient (Wildman–Crippen LogP) is 1.68. The third-order valence-corrected chi connectivity index (χ3v) is 2.72. The first-order valence-electron chi connectivity index (χ1n) is 6.04. The Morgan fingerprint density at radius 1 is 1.58 bits per heavy atom. The van der Waals surface area contributed by atoms with E-state index < -0.39 is 22.3 Å². The van der Waals surface area contributed by atoms with E-state index in [-0.39, 0.29) is 12.3 Å². The highest BCUT2D eigenvalue weighted by Gasteiger charge is 2.28. The van der Waals surface area contributed by atoms with E-state index in [1.807, 2.05) is 20.8 Å². The molecule has 1 heterocycles. The summed E-state index contributed by atoms with van der Waals surface area (Å²) in [6.45, 7) is 6.16. The van der Waals surface area contributed by atoms with E-state index in [1.165, 1.54) is 6.07 Å². The minimum Gasteiger partial charge on any atom is -0.395 e. The zero-order chi connectivity index (χ0) is 14.6. The van der Waals surface area contributed by atoms with Crippen molar-refractivity contribution in [2.75, 3.05) is 6.54 Å². The van der Waals surface area contributed by atoms with Gasteiger partial charge in [-0.15, -0.1) is 0 Å². The van der Waals surface area contributed by atoms with E-state index in [0.29, 0.717) is 12.3 Å². The molecule has 0 aliphatic heterocycles. The van der Waals surface area contributed by atoms with Crippen LogP contribution < -0.4 is 11.1 Å². The van der Waals surface area contributed by atoms with Gasteiger partial charge in [0.05, 0.1) is 11.6 Å². The molecule has 1 amide bonds. The fourth-order valence-corrected chi connectivity index (χ4v) is 1.97. The summed E-state index contributed by atoms with van der Waals surface area (Å²) in [6, 6.07) is 2.43. The Morgan fingerprint density at radius 2 is 2.21 bits per heavy atom. The number of hydrogen-bond donors (Lipinski definition) is 2. The van der Waals surface area contributed by atoms with Crippen molar-refractivity contribution in [2.45, 2.75) is 32.7 Å². The van der Waals surface area contributed by atoms with Gasteiger partial charge in [-0.2, -0.15) is 0 Å². The Labute approximate surface area is 111 Å². The zero-order valence-corrected chi connectivity index (χ0v) is 11.3. The van der Waals surface area contributed by atoms with Gasteiger partial charge in [-0.3, -0.25) is 14.9 Å². The van der Waals surface area contributed by atoms with Gasteiger partial charge in [0.15, 0.2) is 5.76 Å². The highest BCUT2D eigenvalue weighted by atomic mass is 16.6. The van der Waals surface area contributed by atoms with Crippen LogP contribution in [0.25, 0.3) is 0 Å². The molecule has 0 aliphatic rings. The molecule has 1 aromatic heterocycles. The normalized spacial score (nSPS) is 14.2. The Hall–Kier alpha value is -1.89. The van der Waals surface area contributed by atoms with Crippen molar-refractivity contribution in [2.24, 2.45) is 11.7 Å². The second kappa shape index (κ2) is 5.83. The van der Waals surface area contributed by atoms with Crippen molar-refractivity contribution in [3.05, 3.63) is 28.0 Å². The third-order valence-electron chi connectivity index (χ3n) is 2.72. The molecule has 0 aliphatic carbocycles. The average molecular weight is 269 g/mol. The van der Waals surface area contributed by atoms with E-state index in [1.54, 1.807) is 0 Å². The summed E-state index contributed by atoms with van der Waals surface area (Å²) in [5.74, 6) is -0.680. The lowest BCUT2D eigenvalue weighted by molar-refractivity contribution is -0.402. The summed E-state index contributed by atoms with van der Waals surface area (Å²) >= 11 is 0. The number of hydrogen-bond acceptors (Lipinski definition) is 5. The molecule has 0 bridgehead atoms. The molecule has 1 atom stereocenters. The molecule has 3 N–H and O–H groups in total. The first kappa shape index (κ1) is 15.2. The van der Waals surface area contributed by atoms with Gasteiger partial charge in [0.2, 0.25) is 0 Å². The van der Waals surface area contributed by atoms with Crippen molar-refractivity contribution >= 4 is 11.8 Å². The predicted molar refractivity (Wildman–Crippen MR) is 69.7 cm³/mol. The molecule has 1 rings (SSSR count). The van der Waals surface area contributed by atoms with Gasteiger partial charge in [0, 0.05) is 6.54 Å². The van der Waals surface area contributed by atoms with Crippen molar-refractivity contribution < 1.29 is 14.1 Å². The molecule has 0 spiro atoms. The molecule has 7 heteroatoms. The van der Waals surface area contributed by atoms with Crippen LogP contribution in [-0.4, -0.2) is 22.9 Å². The zero-order valence-electron chi connectivity index (χ0n) is 11.3. The van der Waals surface area contributed by atoms with Crippen LogP contribution in [0.1, 0.15) is 37.7 Å². The Morgan fingerprint density at radius 3 is 2.63 bits per heavy atom. The van der Waals surface area contributed by atoms with Gasteiger partial charge in [0.1, 0.15) is 4.92 Å². The topological polar surface area (TPSA) is 111 Å². The van der Waals surface area contributed by atoms with Gasteiger partial charge in [-0.05, 0) is 25.3 Å². The van der Waals surface area contributed by atoms with E-state index in [4.69, 9.17) is 10.2 Å². The van der Waals surface area contributed by atoms with E-state index in [9.17, 15) is 14.9 Å². The number of nitrogens with one attached hydrogen (secondary N) is 1. The largest absolute Gasteiger partial charge is 0.433 e. The minimum absolute atomic E-state index is 0.0878. The molecule has 7 nitrogen and oxygen atoms in total. The smallest absolute Gasteiger partial charge is 0.395 e. The van der Waals surface area contributed by atoms with Crippen LogP contribution in [0.5, 0.6) is 0 Å². The number of nitro groups is 1. The first-order valence-corrected chi connectivity index (χ1v) is 6.04. The molecule has 0 saturated heterocycles. The number of carbonyl (C=O) groups excluding carboxylic acids is 1. The standard InChI is InChI=1S/C12H19N3O4/c1-8(2)6-12(3,7-13)14-11(16)9-4-5-10(19-9)15(17)18/h4-5,8H,6-7,13H2,1-3H3,(H,14,16). The first-order chi connectivity index (χ1) is 8.77. The van der Waals surface area contributed by atoms with Crippen molar-refractivity contribution in [3.8, 4) is 0 Å². The fourth-order valence-electron chi connectivity index (χ4n) is 1.97. The summed E-state index contributed by atoms with van der Waals surface area (Å²) in [5, 5.41) is 13.2. The second-order valence-electron chi connectivity index (χ2n) is 5.21. The summed E-state index contributed by atoms with van der Waals surface area (Å²) in [7, 11) is 0. The van der Waals surface area contributed by atoms with E-state index >= 15 is 0 Å². The highest BCUT2D eigenvalue weighted by Crippen LogP contribution is 2.19. The number of carbonyl (C=O) groups is 1. The Kier molecular flexibility index (Phi) is 4.66. The van der Waals surface area contributed by atoms with Crippen molar-refractivity contribution in [1.82, 2.24) is 5.32 Å². The number of nitrogens with two attached hydrogens (primary N) is 1. The molecule has 1 unspecified atom stereocenters. The summed E-state index contributed by atoms with van der Waals surface area (Å²) in [5.41, 5.74) is 5.12. The molecule has 0 saturated carbocycles. The van der Waals surface area contributed by atoms with Crippen molar-refractivity contribution in [3.63, 3.8) is 0 Å². The molecule has 0 fully saturated rings. The molecule has 19 heavy (non-hydrogen) atoms. The second-order valence-corrected chi connectivity index (χ2v) is 5.21. The SMILES string of the molecule is CC(C)CC(C)(CN)NC(=O)c1ccc([N+](=O)[O-])o1. The fraction of sp³-hybridized carbons (Fsp3) is 0.583. The Balaban J connectivity index is 2.79. The maximum atomic E-state index is 12.0. The molecular formula is C12H19N3O4. The minimum atomic E-state index is -0.687. The molecule has 1 aromatic rings. The number of nitrogens with zero attached hydrogens (tertiary/aromatic N) is 1. The third kappa shape index (κ3) is 4.06. The van der Waals surface area contributed by atoms with Gasteiger partial charge >= 0.3 is 5.88 Å². The maximum Gasteiger partial charge on any atom is 0.433 e. The van der Waals surface area contributed by atoms with Crippen LogP contribution in [0.4, 0.5) is 5.88 Å². The van der Waals surface area contributed by atoms with E-state index in [2.05, 4.69) is 5.32 Å². The lowest BCUT2D eigenvalue weighted by Crippen LogP contribution is -2.52. The van der Waals surface area contributed by atoms with Gasteiger partial charge in [-0.1, -0.05) is 13.8 Å².